The maximum Gasteiger partial charge on any atom is 0.195 e. The Kier molecular flexibility index (Phi) is 7.89. The Morgan fingerprint density at radius 2 is 0.565 bits per heavy atom. The second-order valence-corrected chi connectivity index (χ2v) is 11.2. The van der Waals surface area contributed by atoms with Gasteiger partial charge in [0.15, 0.2) is 5.78 Å². The summed E-state index contributed by atoms with van der Waals surface area (Å²) in [6, 6.07) is 53.2. The van der Waals surface area contributed by atoms with Crippen molar-refractivity contribution < 1.29 is 14.3 Å². The second-order valence-electron chi connectivity index (χ2n) is 11.2. The van der Waals surface area contributed by atoms with Crippen LogP contribution in [0, 0.1) is 0 Å². The number of rotatable bonds is 8. The van der Waals surface area contributed by atoms with E-state index in [-0.39, 0.29) is 5.78 Å². The molecule has 0 bridgehead atoms. The number of carbonyl (C=O) groups excluding carboxylic acids is 1. The topological polar surface area (TPSA) is 35.5 Å². The van der Waals surface area contributed by atoms with E-state index in [2.05, 4.69) is 72.8 Å². The molecule has 1 aliphatic carbocycles. The zero-order valence-corrected chi connectivity index (χ0v) is 25.7. The van der Waals surface area contributed by atoms with Gasteiger partial charge in [-0.05, 0) is 68.8 Å². The first-order valence-electron chi connectivity index (χ1n) is 15.3. The summed E-state index contributed by atoms with van der Waals surface area (Å²) in [5, 5.41) is 0. The van der Waals surface area contributed by atoms with Crippen LogP contribution in [0.25, 0.3) is 44.5 Å². The molecule has 0 aromatic heterocycles. The van der Waals surface area contributed by atoms with Crippen LogP contribution >= 0.6 is 0 Å². The number of hydrogen-bond acceptors (Lipinski definition) is 3. The molecule has 0 fully saturated rings. The zero-order chi connectivity index (χ0) is 31.5. The molecule has 3 nitrogen and oxygen atoms in total. The van der Waals surface area contributed by atoms with Gasteiger partial charge < -0.3 is 9.47 Å². The van der Waals surface area contributed by atoms with Crippen molar-refractivity contribution in [3.63, 3.8) is 0 Å². The Morgan fingerprint density at radius 3 is 0.870 bits per heavy atom. The van der Waals surface area contributed by atoms with E-state index in [0.29, 0.717) is 11.1 Å². The summed E-state index contributed by atoms with van der Waals surface area (Å²) in [5.74, 6) is 1.67. The number of allylic oxidation sites excluding steroid dienone is 4. The van der Waals surface area contributed by atoms with E-state index in [0.717, 1.165) is 67.2 Å². The van der Waals surface area contributed by atoms with E-state index in [4.69, 9.17) is 9.47 Å². The number of methoxy groups -OCH3 is 2. The molecular weight excluding hydrogens is 564 g/mol. The highest BCUT2D eigenvalue weighted by molar-refractivity contribution is 6.59. The first-order valence-corrected chi connectivity index (χ1v) is 15.3. The second kappa shape index (κ2) is 12.6. The number of ketones is 1. The van der Waals surface area contributed by atoms with E-state index in [1.807, 2.05) is 84.9 Å². The van der Waals surface area contributed by atoms with Crippen molar-refractivity contribution in [2.75, 3.05) is 14.2 Å². The molecule has 0 atom stereocenters. The Morgan fingerprint density at radius 1 is 0.304 bits per heavy atom. The summed E-state index contributed by atoms with van der Waals surface area (Å²) in [7, 11) is 3.35. The van der Waals surface area contributed by atoms with Crippen LogP contribution in [0.2, 0.25) is 0 Å². The fourth-order valence-electron chi connectivity index (χ4n) is 6.17. The standard InChI is InChI=1S/C43H32O3/c1-45-37-25-21-31(22-26-37)29-13-17-35(18-14-29)39-40(36-19-15-30(16-20-36)32-23-27-38(46-2)28-24-32)42(34-11-7-4-8-12-34)43(44)41(39)33-9-5-3-6-10-33/h3-28H,1-2H3. The molecule has 0 saturated heterocycles. The van der Waals surface area contributed by atoms with Crippen molar-refractivity contribution in [3.8, 4) is 33.8 Å². The number of benzene rings is 6. The molecule has 0 spiro atoms. The third-order valence-corrected chi connectivity index (χ3v) is 8.52. The lowest BCUT2D eigenvalue weighted by atomic mass is 9.88. The summed E-state index contributed by atoms with van der Waals surface area (Å²) in [5.41, 5.74) is 11.5. The largest absolute Gasteiger partial charge is 0.497 e. The summed E-state index contributed by atoms with van der Waals surface area (Å²) < 4.78 is 10.7. The molecule has 0 amide bonds. The van der Waals surface area contributed by atoms with Gasteiger partial charge in [-0.25, -0.2) is 0 Å². The SMILES string of the molecule is COc1ccc(-c2ccc(C3=C(c4ccccc4)C(=O)C(c4ccccc4)=C3c3ccc(-c4ccc(OC)cc4)cc3)cc2)cc1. The maximum absolute atomic E-state index is 14.6. The summed E-state index contributed by atoms with van der Waals surface area (Å²) in [4.78, 5) is 14.6. The maximum atomic E-state index is 14.6. The van der Waals surface area contributed by atoms with Crippen molar-refractivity contribution in [1.82, 2.24) is 0 Å². The lowest BCUT2D eigenvalue weighted by Crippen LogP contribution is -2.01. The fraction of sp³-hybridized carbons (Fsp3) is 0.0465. The average Bonchev–Trinajstić information content (AvgIpc) is 3.45. The quantitative estimate of drug-likeness (QED) is 0.175. The number of carbonyl (C=O) groups is 1. The van der Waals surface area contributed by atoms with Crippen LogP contribution in [-0.2, 0) is 4.79 Å². The smallest absolute Gasteiger partial charge is 0.195 e. The molecule has 222 valence electrons. The predicted molar refractivity (Wildman–Crippen MR) is 188 cm³/mol. The first kappa shape index (κ1) is 28.8. The third kappa shape index (κ3) is 5.44. The van der Waals surface area contributed by atoms with E-state index >= 15 is 0 Å². The van der Waals surface area contributed by atoms with Gasteiger partial charge in [0.05, 0.1) is 14.2 Å². The van der Waals surface area contributed by atoms with Crippen LogP contribution in [0.5, 0.6) is 11.5 Å². The summed E-state index contributed by atoms with van der Waals surface area (Å²) in [6.45, 7) is 0. The number of hydrogen-bond donors (Lipinski definition) is 0. The van der Waals surface area contributed by atoms with Crippen LogP contribution in [-0.4, -0.2) is 20.0 Å². The van der Waals surface area contributed by atoms with Gasteiger partial charge in [0.1, 0.15) is 11.5 Å². The highest BCUT2D eigenvalue weighted by Gasteiger charge is 2.35. The molecule has 0 saturated carbocycles. The molecule has 3 heteroatoms. The Bertz CT molecular complexity index is 1900. The fourth-order valence-corrected chi connectivity index (χ4v) is 6.17. The molecule has 1 aliphatic rings. The minimum atomic E-state index is 0.0286. The van der Waals surface area contributed by atoms with Crippen LogP contribution in [0.3, 0.4) is 0 Å². The van der Waals surface area contributed by atoms with Crippen molar-refractivity contribution in [2.24, 2.45) is 0 Å². The Hall–Kier alpha value is -5.93. The van der Waals surface area contributed by atoms with Crippen molar-refractivity contribution >= 4 is 28.1 Å². The van der Waals surface area contributed by atoms with Gasteiger partial charge in [-0.3, -0.25) is 4.79 Å². The highest BCUT2D eigenvalue weighted by Crippen LogP contribution is 2.50. The Balaban J connectivity index is 1.40. The molecule has 6 aromatic rings. The van der Waals surface area contributed by atoms with Gasteiger partial charge in [-0.15, -0.1) is 0 Å². The van der Waals surface area contributed by atoms with Gasteiger partial charge in [0.2, 0.25) is 0 Å². The van der Waals surface area contributed by atoms with E-state index in [9.17, 15) is 4.79 Å². The molecular formula is C43H32O3. The van der Waals surface area contributed by atoms with Gasteiger partial charge in [-0.2, -0.15) is 0 Å². The van der Waals surface area contributed by atoms with Crippen LogP contribution in [0.15, 0.2) is 158 Å². The predicted octanol–water partition coefficient (Wildman–Crippen LogP) is 10.1. The normalized spacial score (nSPS) is 12.9. The molecule has 6 aromatic carbocycles. The molecule has 7 rings (SSSR count). The summed E-state index contributed by atoms with van der Waals surface area (Å²) >= 11 is 0. The summed E-state index contributed by atoms with van der Waals surface area (Å²) in [6.07, 6.45) is 0. The van der Waals surface area contributed by atoms with Crippen molar-refractivity contribution in [3.05, 3.63) is 180 Å². The lowest BCUT2D eigenvalue weighted by Gasteiger charge is -2.15. The van der Waals surface area contributed by atoms with E-state index < -0.39 is 0 Å². The van der Waals surface area contributed by atoms with E-state index in [1.165, 1.54) is 0 Å². The van der Waals surface area contributed by atoms with Crippen molar-refractivity contribution in [1.29, 1.82) is 0 Å². The molecule has 0 radical (unpaired) electrons. The molecule has 0 N–H and O–H groups in total. The number of Topliss-reactive ketones (excluding diaryl/α,β-unsaturated/α-hetero) is 1. The molecule has 0 aliphatic heterocycles. The Labute approximate surface area is 269 Å². The van der Waals surface area contributed by atoms with E-state index in [1.54, 1.807) is 14.2 Å². The first-order chi connectivity index (χ1) is 22.6. The minimum Gasteiger partial charge on any atom is -0.497 e. The monoisotopic (exact) mass is 596 g/mol. The zero-order valence-electron chi connectivity index (χ0n) is 25.7. The van der Waals surface area contributed by atoms with Crippen molar-refractivity contribution in [2.45, 2.75) is 0 Å². The molecule has 0 unspecified atom stereocenters. The molecule has 46 heavy (non-hydrogen) atoms. The van der Waals surface area contributed by atoms with Crippen LogP contribution in [0.4, 0.5) is 0 Å². The molecule has 0 heterocycles. The minimum absolute atomic E-state index is 0.0286. The van der Waals surface area contributed by atoms with Crippen LogP contribution in [0.1, 0.15) is 22.3 Å². The average molecular weight is 597 g/mol. The van der Waals surface area contributed by atoms with Gasteiger partial charge in [-0.1, -0.05) is 133 Å². The third-order valence-electron chi connectivity index (χ3n) is 8.52. The van der Waals surface area contributed by atoms with Gasteiger partial charge in [0.25, 0.3) is 0 Å². The van der Waals surface area contributed by atoms with Gasteiger partial charge >= 0.3 is 0 Å². The highest BCUT2D eigenvalue weighted by atomic mass is 16.5. The van der Waals surface area contributed by atoms with Gasteiger partial charge in [0, 0.05) is 22.3 Å². The number of ether oxygens (including phenoxy) is 2. The van der Waals surface area contributed by atoms with Crippen LogP contribution < -0.4 is 9.47 Å². The lowest BCUT2D eigenvalue weighted by molar-refractivity contribution is -0.108.